The molecule has 21 heavy (non-hydrogen) atoms. The Kier molecular flexibility index (Phi) is 4.22. The van der Waals surface area contributed by atoms with Crippen LogP contribution in [0, 0.1) is 0 Å². The molecule has 1 aromatic rings. The van der Waals surface area contributed by atoms with E-state index in [1.54, 1.807) is 0 Å². The number of hydrogen-bond acceptors (Lipinski definition) is 4. The molecule has 0 amide bonds. The summed E-state index contributed by atoms with van der Waals surface area (Å²) in [7, 11) is 0. The quantitative estimate of drug-likeness (QED) is 0.809. The van der Waals surface area contributed by atoms with Gasteiger partial charge >= 0.3 is 6.09 Å². The van der Waals surface area contributed by atoms with Crippen LogP contribution in [-0.4, -0.2) is 44.8 Å². The predicted molar refractivity (Wildman–Crippen MR) is 62.3 cm³/mol. The molecule has 2 fully saturated rings. The van der Waals surface area contributed by atoms with E-state index in [1.165, 1.54) is 18.7 Å². The van der Waals surface area contributed by atoms with E-state index in [-0.39, 0.29) is 25.7 Å². The fourth-order valence-electron chi connectivity index (χ4n) is 1.67. The Morgan fingerprint density at radius 3 is 2.14 bits per heavy atom. The molecule has 9 heteroatoms. The number of halogens is 4. The Morgan fingerprint density at radius 2 is 1.86 bits per heavy atom. The fourth-order valence-corrected chi connectivity index (χ4v) is 1.67. The number of hydrogen-bond donors (Lipinski definition) is 1. The third-order valence-electron chi connectivity index (χ3n) is 3.41. The average Bonchev–Trinajstić information content (AvgIpc) is 2.96. The Bertz CT molecular complexity index is 493. The fraction of sp³-hybridized carbons (Fsp3) is 0.667. The SMILES string of the molecule is O=C(OC1CCC1(F)F)n1ccnc1.OC1CCC1(F)F. The van der Waals surface area contributed by atoms with Crippen LogP contribution in [0.4, 0.5) is 22.4 Å². The molecule has 2 saturated carbocycles. The number of rotatable bonds is 1. The second-order valence-corrected chi connectivity index (χ2v) is 4.96. The van der Waals surface area contributed by atoms with Crippen molar-refractivity contribution in [3.8, 4) is 0 Å². The highest BCUT2D eigenvalue weighted by molar-refractivity contribution is 5.70. The third-order valence-corrected chi connectivity index (χ3v) is 3.41. The van der Waals surface area contributed by atoms with E-state index in [9.17, 15) is 22.4 Å². The van der Waals surface area contributed by atoms with Crippen molar-refractivity contribution in [1.82, 2.24) is 9.55 Å². The van der Waals surface area contributed by atoms with E-state index in [0.717, 1.165) is 4.57 Å². The van der Waals surface area contributed by atoms with Gasteiger partial charge in [-0.15, -0.1) is 0 Å². The van der Waals surface area contributed by atoms with E-state index in [0.29, 0.717) is 0 Å². The van der Waals surface area contributed by atoms with Crippen LogP contribution >= 0.6 is 0 Å². The van der Waals surface area contributed by atoms with Crippen LogP contribution in [0.1, 0.15) is 25.7 Å². The number of carbonyl (C=O) groups is 1. The molecule has 1 heterocycles. The Hall–Kier alpha value is -1.64. The lowest BCUT2D eigenvalue weighted by molar-refractivity contribution is -0.175. The van der Waals surface area contributed by atoms with Crippen molar-refractivity contribution in [3.05, 3.63) is 18.7 Å². The average molecular weight is 310 g/mol. The smallest absolute Gasteiger partial charge is 0.419 e. The molecule has 1 aromatic heterocycles. The van der Waals surface area contributed by atoms with E-state index in [1.807, 2.05) is 0 Å². The largest absolute Gasteiger partial charge is 0.439 e. The van der Waals surface area contributed by atoms with Crippen LogP contribution < -0.4 is 0 Å². The topological polar surface area (TPSA) is 64.4 Å². The minimum atomic E-state index is -2.86. The Morgan fingerprint density at radius 1 is 1.24 bits per heavy atom. The molecular formula is C12H14F4N2O3. The molecule has 2 aliphatic carbocycles. The first kappa shape index (κ1) is 15.7. The van der Waals surface area contributed by atoms with Crippen LogP contribution in [-0.2, 0) is 4.74 Å². The molecule has 118 valence electrons. The van der Waals surface area contributed by atoms with Crippen LogP contribution in [0.15, 0.2) is 18.7 Å². The predicted octanol–water partition coefficient (Wildman–Crippen LogP) is 2.44. The summed E-state index contributed by atoms with van der Waals surface area (Å²) >= 11 is 0. The van der Waals surface area contributed by atoms with Gasteiger partial charge in [0.2, 0.25) is 0 Å². The monoisotopic (exact) mass is 310 g/mol. The molecule has 2 aliphatic rings. The number of alkyl halides is 4. The van der Waals surface area contributed by atoms with Gasteiger partial charge in [0, 0.05) is 25.2 Å². The van der Waals surface area contributed by atoms with Gasteiger partial charge in [0.15, 0.2) is 6.10 Å². The highest BCUT2D eigenvalue weighted by atomic mass is 19.3. The Labute approximate surface area is 117 Å². The first-order chi connectivity index (χ1) is 9.72. The highest BCUT2D eigenvalue weighted by Gasteiger charge is 2.51. The van der Waals surface area contributed by atoms with Gasteiger partial charge < -0.3 is 9.84 Å². The molecule has 0 saturated heterocycles. The summed E-state index contributed by atoms with van der Waals surface area (Å²) in [6.07, 6.45) is 0.596. The molecule has 5 nitrogen and oxygen atoms in total. The van der Waals surface area contributed by atoms with Gasteiger partial charge in [-0.1, -0.05) is 0 Å². The van der Waals surface area contributed by atoms with Crippen molar-refractivity contribution in [2.75, 3.05) is 0 Å². The summed E-state index contributed by atoms with van der Waals surface area (Å²) in [6.45, 7) is 0. The van der Waals surface area contributed by atoms with Gasteiger partial charge in [0.1, 0.15) is 12.4 Å². The maximum atomic E-state index is 12.7. The van der Waals surface area contributed by atoms with Gasteiger partial charge in [-0.2, -0.15) is 0 Å². The summed E-state index contributed by atoms with van der Waals surface area (Å²) in [5.41, 5.74) is 0. The summed E-state index contributed by atoms with van der Waals surface area (Å²) in [5, 5.41) is 8.23. The van der Waals surface area contributed by atoms with Crippen LogP contribution in [0.25, 0.3) is 0 Å². The van der Waals surface area contributed by atoms with E-state index in [2.05, 4.69) is 9.72 Å². The van der Waals surface area contributed by atoms with Crippen molar-refractivity contribution in [3.63, 3.8) is 0 Å². The zero-order chi connectivity index (χ0) is 15.7. The number of ether oxygens (including phenoxy) is 1. The minimum absolute atomic E-state index is 0.145. The Balaban J connectivity index is 0.000000194. The van der Waals surface area contributed by atoms with Crippen molar-refractivity contribution >= 4 is 6.09 Å². The molecule has 0 radical (unpaired) electrons. The molecular weight excluding hydrogens is 296 g/mol. The maximum absolute atomic E-state index is 12.7. The molecule has 0 spiro atoms. The second kappa shape index (κ2) is 5.63. The summed E-state index contributed by atoms with van der Waals surface area (Å²) < 4.78 is 54.4. The molecule has 2 atom stereocenters. The van der Waals surface area contributed by atoms with Crippen molar-refractivity contribution in [1.29, 1.82) is 0 Å². The molecule has 0 aromatic carbocycles. The summed E-state index contributed by atoms with van der Waals surface area (Å²) in [6, 6.07) is 0. The lowest BCUT2D eigenvalue weighted by Crippen LogP contribution is -2.47. The number of carbonyl (C=O) groups excluding carboxylic acids is 1. The first-order valence-corrected chi connectivity index (χ1v) is 6.35. The highest BCUT2D eigenvalue weighted by Crippen LogP contribution is 2.40. The van der Waals surface area contributed by atoms with E-state index >= 15 is 0 Å². The number of imidazole rings is 1. The molecule has 0 aliphatic heterocycles. The van der Waals surface area contributed by atoms with Gasteiger partial charge in [-0.05, 0) is 12.8 Å². The molecule has 3 rings (SSSR count). The third kappa shape index (κ3) is 3.52. The van der Waals surface area contributed by atoms with Gasteiger partial charge in [-0.3, -0.25) is 0 Å². The minimum Gasteiger partial charge on any atom is -0.439 e. The standard InChI is InChI=1S/C8H8F2N2O2.C4H6F2O/c9-8(10)2-1-6(8)14-7(13)12-4-3-11-5-12;5-4(6)2-1-3(4)7/h3-6H,1-2H2;3,7H,1-2H2. The number of aliphatic hydroxyl groups is 1. The first-order valence-electron chi connectivity index (χ1n) is 6.35. The number of aromatic nitrogens is 2. The van der Waals surface area contributed by atoms with Gasteiger partial charge in [0.25, 0.3) is 11.8 Å². The lowest BCUT2D eigenvalue weighted by atomic mass is 9.91. The second-order valence-electron chi connectivity index (χ2n) is 4.96. The van der Waals surface area contributed by atoms with Crippen LogP contribution in [0.3, 0.4) is 0 Å². The zero-order valence-corrected chi connectivity index (χ0v) is 10.9. The molecule has 1 N–H and O–H groups in total. The van der Waals surface area contributed by atoms with E-state index in [4.69, 9.17) is 5.11 Å². The summed E-state index contributed by atoms with van der Waals surface area (Å²) in [5.74, 6) is -5.63. The van der Waals surface area contributed by atoms with Crippen molar-refractivity contribution in [2.45, 2.75) is 49.7 Å². The van der Waals surface area contributed by atoms with Gasteiger partial charge in [-0.25, -0.2) is 31.9 Å². The number of aliphatic hydroxyl groups excluding tert-OH is 1. The number of nitrogens with zero attached hydrogens (tertiary/aromatic N) is 2. The zero-order valence-electron chi connectivity index (χ0n) is 10.9. The van der Waals surface area contributed by atoms with Crippen LogP contribution in [0.5, 0.6) is 0 Å². The normalized spacial score (nSPS) is 28.4. The maximum Gasteiger partial charge on any atom is 0.419 e. The van der Waals surface area contributed by atoms with Gasteiger partial charge in [0.05, 0.1) is 0 Å². The molecule has 2 unspecified atom stereocenters. The van der Waals surface area contributed by atoms with Crippen molar-refractivity contribution < 1.29 is 32.2 Å². The van der Waals surface area contributed by atoms with Crippen LogP contribution in [0.2, 0.25) is 0 Å². The summed E-state index contributed by atoms with van der Waals surface area (Å²) in [4.78, 5) is 14.8. The van der Waals surface area contributed by atoms with Crippen molar-refractivity contribution in [2.24, 2.45) is 0 Å². The van der Waals surface area contributed by atoms with E-state index < -0.39 is 30.1 Å². The molecule has 0 bridgehead atoms. The lowest BCUT2D eigenvalue weighted by Gasteiger charge is -2.34.